The van der Waals surface area contributed by atoms with E-state index in [1.807, 2.05) is 42.8 Å². The van der Waals surface area contributed by atoms with Crippen LogP contribution in [0, 0.1) is 13.8 Å². The summed E-state index contributed by atoms with van der Waals surface area (Å²) in [5.41, 5.74) is 3.66. The van der Waals surface area contributed by atoms with Crippen molar-refractivity contribution in [2.75, 3.05) is 6.54 Å². The number of hydrogen-bond acceptors (Lipinski definition) is 3. The molecule has 2 N–H and O–H groups in total. The van der Waals surface area contributed by atoms with Crippen molar-refractivity contribution in [3.8, 4) is 5.69 Å². The molecule has 1 amide bonds. The second-order valence-electron chi connectivity index (χ2n) is 6.31. The van der Waals surface area contributed by atoms with Gasteiger partial charge in [-0.25, -0.2) is 4.68 Å². The fraction of sp³-hybridized carbons (Fsp3) is 0.444. The van der Waals surface area contributed by atoms with Crippen LogP contribution in [0.1, 0.15) is 41.4 Å². The minimum Gasteiger partial charge on any atom is -0.348 e. The van der Waals surface area contributed by atoms with Gasteiger partial charge in [0.1, 0.15) is 0 Å². The van der Waals surface area contributed by atoms with Crippen LogP contribution in [0.5, 0.6) is 0 Å². The zero-order valence-corrected chi connectivity index (χ0v) is 15.2. The summed E-state index contributed by atoms with van der Waals surface area (Å²) in [6.07, 6.45) is 3.78. The highest BCUT2D eigenvalue weighted by atomic mass is 35.5. The van der Waals surface area contributed by atoms with Gasteiger partial charge in [-0.15, -0.1) is 12.4 Å². The molecule has 6 heteroatoms. The van der Waals surface area contributed by atoms with Gasteiger partial charge in [0, 0.05) is 12.1 Å². The molecule has 5 nitrogen and oxygen atoms in total. The molecule has 2 aromatic rings. The lowest BCUT2D eigenvalue weighted by Gasteiger charge is -2.30. The van der Waals surface area contributed by atoms with E-state index in [0.29, 0.717) is 11.6 Å². The average Bonchev–Trinajstić information content (AvgIpc) is 2.92. The van der Waals surface area contributed by atoms with Gasteiger partial charge in [-0.05, 0) is 51.8 Å². The average molecular weight is 349 g/mol. The van der Waals surface area contributed by atoms with Gasteiger partial charge in [0.25, 0.3) is 5.91 Å². The van der Waals surface area contributed by atoms with Gasteiger partial charge in [0.2, 0.25) is 0 Å². The van der Waals surface area contributed by atoms with Gasteiger partial charge in [0.15, 0.2) is 0 Å². The van der Waals surface area contributed by atoms with Gasteiger partial charge in [-0.2, -0.15) is 5.10 Å². The number of carbonyl (C=O) groups is 1. The molecule has 2 unspecified atom stereocenters. The number of benzene rings is 1. The number of para-hydroxylation sites is 1. The third kappa shape index (κ3) is 3.62. The fourth-order valence-electron chi connectivity index (χ4n) is 3.16. The highest BCUT2D eigenvalue weighted by Gasteiger charge is 2.24. The van der Waals surface area contributed by atoms with Gasteiger partial charge in [-0.3, -0.25) is 4.79 Å². The number of amides is 1. The minimum atomic E-state index is -0.0390. The van der Waals surface area contributed by atoms with E-state index < -0.39 is 0 Å². The largest absolute Gasteiger partial charge is 0.348 e. The minimum absolute atomic E-state index is 0. The molecule has 1 aromatic heterocycles. The zero-order valence-electron chi connectivity index (χ0n) is 14.4. The first-order valence-corrected chi connectivity index (χ1v) is 8.23. The van der Waals surface area contributed by atoms with Crippen molar-refractivity contribution in [3.05, 3.63) is 47.3 Å². The maximum absolute atomic E-state index is 12.6. The van der Waals surface area contributed by atoms with Crippen LogP contribution >= 0.6 is 12.4 Å². The van der Waals surface area contributed by atoms with Gasteiger partial charge < -0.3 is 10.6 Å². The van der Waals surface area contributed by atoms with E-state index in [2.05, 4.69) is 22.7 Å². The van der Waals surface area contributed by atoms with Crippen LogP contribution in [0.25, 0.3) is 5.69 Å². The monoisotopic (exact) mass is 348 g/mol. The number of aromatic nitrogens is 2. The van der Waals surface area contributed by atoms with Crippen LogP contribution in [0.3, 0.4) is 0 Å². The molecule has 3 rings (SSSR count). The summed E-state index contributed by atoms with van der Waals surface area (Å²) in [4.78, 5) is 12.6. The molecule has 0 bridgehead atoms. The Labute approximate surface area is 149 Å². The Balaban J connectivity index is 0.00000208. The normalized spacial score (nSPS) is 20.3. The van der Waals surface area contributed by atoms with Crippen LogP contribution in [0.4, 0.5) is 0 Å². The molecule has 0 saturated carbocycles. The molecular formula is C18H25ClN4O. The predicted octanol–water partition coefficient (Wildman–Crippen LogP) is 2.78. The topological polar surface area (TPSA) is 59.0 Å². The molecule has 2 heterocycles. The van der Waals surface area contributed by atoms with Crippen LogP contribution < -0.4 is 10.6 Å². The number of rotatable bonds is 3. The van der Waals surface area contributed by atoms with Gasteiger partial charge >= 0.3 is 0 Å². The van der Waals surface area contributed by atoms with E-state index in [-0.39, 0.29) is 24.4 Å². The molecule has 1 fully saturated rings. The van der Waals surface area contributed by atoms with Crippen molar-refractivity contribution in [2.24, 2.45) is 0 Å². The SMILES string of the molecule is Cc1ccccc1-n1ncc(C(=O)NC2CCCNC2C)c1C.Cl. The Hall–Kier alpha value is -1.85. The van der Waals surface area contributed by atoms with E-state index in [4.69, 9.17) is 0 Å². The highest BCUT2D eigenvalue weighted by molar-refractivity contribution is 5.95. The van der Waals surface area contributed by atoms with Crippen LogP contribution in [0.15, 0.2) is 30.5 Å². The van der Waals surface area contributed by atoms with E-state index in [0.717, 1.165) is 36.3 Å². The Bertz CT molecular complexity index is 713. The number of piperidine rings is 1. The molecule has 1 saturated heterocycles. The fourth-order valence-corrected chi connectivity index (χ4v) is 3.16. The number of nitrogens with zero attached hydrogens (tertiary/aromatic N) is 2. The van der Waals surface area contributed by atoms with Crippen molar-refractivity contribution >= 4 is 18.3 Å². The summed E-state index contributed by atoms with van der Waals surface area (Å²) < 4.78 is 1.84. The smallest absolute Gasteiger partial charge is 0.255 e. The van der Waals surface area contributed by atoms with Crippen molar-refractivity contribution in [3.63, 3.8) is 0 Å². The number of halogens is 1. The van der Waals surface area contributed by atoms with Crippen molar-refractivity contribution < 1.29 is 4.79 Å². The summed E-state index contributed by atoms with van der Waals surface area (Å²) in [6, 6.07) is 8.54. The van der Waals surface area contributed by atoms with E-state index in [1.54, 1.807) is 6.20 Å². The molecule has 1 aromatic carbocycles. The summed E-state index contributed by atoms with van der Waals surface area (Å²) in [5.74, 6) is -0.0390. The van der Waals surface area contributed by atoms with Crippen LogP contribution in [0.2, 0.25) is 0 Å². The lowest BCUT2D eigenvalue weighted by atomic mass is 9.99. The van der Waals surface area contributed by atoms with Crippen LogP contribution in [-0.4, -0.2) is 34.3 Å². The lowest BCUT2D eigenvalue weighted by molar-refractivity contribution is 0.0919. The Kier molecular flexibility index (Phi) is 6.02. The van der Waals surface area contributed by atoms with Gasteiger partial charge in [-0.1, -0.05) is 18.2 Å². The Morgan fingerprint density at radius 2 is 2.08 bits per heavy atom. The molecule has 0 spiro atoms. The molecular weight excluding hydrogens is 324 g/mol. The first-order valence-electron chi connectivity index (χ1n) is 8.23. The van der Waals surface area contributed by atoms with Crippen molar-refractivity contribution in [1.82, 2.24) is 20.4 Å². The Morgan fingerprint density at radius 1 is 1.33 bits per heavy atom. The predicted molar refractivity (Wildman–Crippen MR) is 98.2 cm³/mol. The zero-order chi connectivity index (χ0) is 16.4. The molecule has 1 aliphatic heterocycles. The van der Waals surface area contributed by atoms with Crippen molar-refractivity contribution in [2.45, 2.75) is 45.7 Å². The molecule has 130 valence electrons. The van der Waals surface area contributed by atoms with E-state index in [1.165, 1.54) is 0 Å². The molecule has 1 aliphatic rings. The maximum Gasteiger partial charge on any atom is 0.255 e. The summed E-state index contributed by atoms with van der Waals surface area (Å²) in [6.45, 7) is 7.13. The summed E-state index contributed by atoms with van der Waals surface area (Å²) in [7, 11) is 0. The molecule has 0 aliphatic carbocycles. The number of hydrogen-bond donors (Lipinski definition) is 2. The van der Waals surface area contributed by atoms with Crippen molar-refractivity contribution in [1.29, 1.82) is 0 Å². The van der Waals surface area contributed by atoms with Gasteiger partial charge in [0.05, 0.1) is 23.1 Å². The Morgan fingerprint density at radius 3 is 2.79 bits per heavy atom. The number of nitrogens with one attached hydrogen (secondary N) is 2. The molecule has 24 heavy (non-hydrogen) atoms. The van der Waals surface area contributed by atoms with E-state index in [9.17, 15) is 4.79 Å². The first kappa shape index (κ1) is 18.5. The first-order chi connectivity index (χ1) is 11.1. The standard InChI is InChI=1S/C18H24N4O.ClH/c1-12-7-4-5-9-17(12)22-14(3)15(11-20-22)18(23)21-16-8-6-10-19-13(16)2;/h4-5,7,9,11,13,16,19H,6,8,10H2,1-3H3,(H,21,23);1H. The van der Waals surface area contributed by atoms with E-state index >= 15 is 0 Å². The number of carbonyl (C=O) groups excluding carboxylic acids is 1. The highest BCUT2D eigenvalue weighted by Crippen LogP contribution is 2.18. The number of aryl methyl sites for hydroxylation is 1. The third-order valence-corrected chi connectivity index (χ3v) is 4.68. The second kappa shape index (κ2) is 7.81. The summed E-state index contributed by atoms with van der Waals surface area (Å²) >= 11 is 0. The molecule has 0 radical (unpaired) electrons. The third-order valence-electron chi connectivity index (χ3n) is 4.68. The molecule has 2 atom stereocenters. The maximum atomic E-state index is 12.6. The lowest BCUT2D eigenvalue weighted by Crippen LogP contribution is -2.51. The summed E-state index contributed by atoms with van der Waals surface area (Å²) in [5, 5.41) is 11.0. The quantitative estimate of drug-likeness (QED) is 0.896. The second-order valence-corrected chi connectivity index (χ2v) is 6.31. The van der Waals surface area contributed by atoms with Crippen LogP contribution in [-0.2, 0) is 0 Å².